The number of nitrogens with one attached hydrogen (secondary N) is 1. The van der Waals surface area contributed by atoms with Gasteiger partial charge in [0.2, 0.25) is 5.91 Å². The largest absolute Gasteiger partial charge is 0.573 e. The first kappa shape index (κ1) is 21.3. The highest BCUT2D eigenvalue weighted by Crippen LogP contribution is 2.24. The maximum Gasteiger partial charge on any atom is 0.573 e. The Morgan fingerprint density at radius 3 is 2.52 bits per heavy atom. The quantitative estimate of drug-likeness (QED) is 0.833. The molecule has 1 atom stereocenters. The van der Waals surface area contributed by atoms with Gasteiger partial charge < -0.3 is 19.9 Å². The molecule has 6 nitrogen and oxygen atoms in total. The number of halogens is 4. The molecule has 2 fully saturated rings. The Morgan fingerprint density at radius 2 is 1.89 bits per heavy atom. The Balaban J connectivity index is 0.00000261. The van der Waals surface area contributed by atoms with Gasteiger partial charge in [-0.1, -0.05) is 0 Å². The van der Waals surface area contributed by atoms with Crippen molar-refractivity contribution in [3.8, 4) is 5.75 Å². The maximum atomic E-state index is 12.7. The molecule has 0 spiro atoms. The Hall–Kier alpha value is -2.00. The number of piperidine rings is 1. The van der Waals surface area contributed by atoms with E-state index in [1.54, 1.807) is 4.90 Å². The van der Waals surface area contributed by atoms with Crippen LogP contribution in [0.4, 0.5) is 13.2 Å². The van der Waals surface area contributed by atoms with Crippen molar-refractivity contribution in [1.82, 2.24) is 15.1 Å². The fraction of sp³-hybridized carbons (Fsp3) is 0.529. The van der Waals surface area contributed by atoms with Crippen LogP contribution in [-0.2, 0) is 4.79 Å². The highest BCUT2D eigenvalue weighted by Gasteiger charge is 2.33. The molecular weight excluding hydrogens is 387 g/mol. The number of amides is 2. The summed E-state index contributed by atoms with van der Waals surface area (Å²) < 4.78 is 40.4. The summed E-state index contributed by atoms with van der Waals surface area (Å²) in [6.45, 7) is 2.67. The molecule has 1 N–H and O–H groups in total. The van der Waals surface area contributed by atoms with E-state index >= 15 is 0 Å². The second-order valence-corrected chi connectivity index (χ2v) is 6.38. The Bertz CT molecular complexity index is 670. The van der Waals surface area contributed by atoms with Gasteiger partial charge in [0.25, 0.3) is 5.91 Å². The standard InChI is InChI=1S/C17H20F3N3O3.ClH/c18-17(19,20)26-14-5-3-12(4-6-14)16(25)22-8-1-2-13(11-22)23-9-7-21-10-15(23)24;/h3-6,13,21H,1-2,7-11H2;1H. The molecule has 10 heteroatoms. The van der Waals surface area contributed by atoms with Crippen LogP contribution >= 0.6 is 12.4 Å². The number of hydrogen-bond donors (Lipinski definition) is 1. The zero-order valence-electron chi connectivity index (χ0n) is 14.5. The summed E-state index contributed by atoms with van der Waals surface area (Å²) in [5.41, 5.74) is 0.298. The smallest absolute Gasteiger partial charge is 0.406 e. The van der Waals surface area contributed by atoms with E-state index in [2.05, 4.69) is 10.1 Å². The number of hydrogen-bond acceptors (Lipinski definition) is 4. The van der Waals surface area contributed by atoms with Crippen LogP contribution in [-0.4, -0.2) is 66.7 Å². The van der Waals surface area contributed by atoms with Crippen LogP contribution in [0.1, 0.15) is 23.2 Å². The van der Waals surface area contributed by atoms with E-state index in [0.717, 1.165) is 31.5 Å². The number of alkyl halides is 3. The van der Waals surface area contributed by atoms with Crippen molar-refractivity contribution in [2.45, 2.75) is 25.2 Å². The molecule has 0 bridgehead atoms. The highest BCUT2D eigenvalue weighted by molar-refractivity contribution is 5.94. The van der Waals surface area contributed by atoms with Crippen LogP contribution in [0, 0.1) is 0 Å². The molecule has 3 rings (SSSR count). The minimum atomic E-state index is -4.76. The van der Waals surface area contributed by atoms with Crippen LogP contribution in [0.5, 0.6) is 5.75 Å². The summed E-state index contributed by atoms with van der Waals surface area (Å²) in [5.74, 6) is -0.586. The van der Waals surface area contributed by atoms with Crippen LogP contribution in [0.25, 0.3) is 0 Å². The monoisotopic (exact) mass is 407 g/mol. The Kier molecular flexibility index (Phi) is 6.94. The van der Waals surface area contributed by atoms with Crippen LogP contribution in [0.3, 0.4) is 0 Å². The van der Waals surface area contributed by atoms with Gasteiger partial charge in [-0.2, -0.15) is 0 Å². The topological polar surface area (TPSA) is 61.9 Å². The number of rotatable bonds is 3. The van der Waals surface area contributed by atoms with Gasteiger partial charge in [-0.15, -0.1) is 25.6 Å². The van der Waals surface area contributed by atoms with Gasteiger partial charge in [0.1, 0.15) is 5.75 Å². The Labute approximate surface area is 161 Å². The van der Waals surface area contributed by atoms with Crippen LogP contribution in [0.2, 0.25) is 0 Å². The van der Waals surface area contributed by atoms with E-state index < -0.39 is 6.36 Å². The zero-order valence-corrected chi connectivity index (χ0v) is 15.3. The number of carbonyl (C=O) groups is 2. The molecule has 2 saturated heterocycles. The second kappa shape index (κ2) is 8.79. The average Bonchev–Trinajstić information content (AvgIpc) is 2.61. The lowest BCUT2D eigenvalue weighted by molar-refractivity contribution is -0.274. The lowest BCUT2D eigenvalue weighted by atomic mass is 10.0. The van der Waals surface area contributed by atoms with Gasteiger partial charge in [0.05, 0.1) is 6.54 Å². The third-order valence-corrected chi connectivity index (χ3v) is 4.59. The first-order valence-electron chi connectivity index (χ1n) is 8.49. The van der Waals surface area contributed by atoms with Gasteiger partial charge in [-0.25, -0.2) is 0 Å². The van der Waals surface area contributed by atoms with E-state index in [9.17, 15) is 22.8 Å². The molecule has 0 aromatic heterocycles. The Morgan fingerprint density at radius 1 is 1.19 bits per heavy atom. The summed E-state index contributed by atoms with van der Waals surface area (Å²) in [5, 5.41) is 3.02. The number of likely N-dealkylation sites (tertiary alicyclic amines) is 1. The van der Waals surface area contributed by atoms with Gasteiger partial charge in [0, 0.05) is 37.8 Å². The van der Waals surface area contributed by atoms with Gasteiger partial charge >= 0.3 is 6.36 Å². The van der Waals surface area contributed by atoms with E-state index in [0.29, 0.717) is 31.7 Å². The zero-order chi connectivity index (χ0) is 18.7. The molecular formula is C17H21ClF3N3O3. The third kappa shape index (κ3) is 5.49. The minimum Gasteiger partial charge on any atom is -0.406 e. The molecule has 150 valence electrons. The number of ether oxygens (including phenoxy) is 1. The normalized spacial score (nSPS) is 20.9. The molecule has 2 amide bonds. The highest BCUT2D eigenvalue weighted by atomic mass is 35.5. The number of piperazine rings is 1. The number of benzene rings is 1. The third-order valence-electron chi connectivity index (χ3n) is 4.59. The maximum absolute atomic E-state index is 12.7. The molecule has 1 unspecified atom stereocenters. The molecule has 1 aromatic carbocycles. The van der Waals surface area contributed by atoms with Crippen molar-refractivity contribution in [3.05, 3.63) is 29.8 Å². The van der Waals surface area contributed by atoms with Crippen LogP contribution in [0.15, 0.2) is 24.3 Å². The summed E-state index contributed by atoms with van der Waals surface area (Å²) in [6, 6.07) is 4.88. The van der Waals surface area contributed by atoms with E-state index in [1.807, 2.05) is 4.90 Å². The van der Waals surface area contributed by atoms with Crippen molar-refractivity contribution in [3.63, 3.8) is 0 Å². The number of carbonyl (C=O) groups excluding carboxylic acids is 2. The van der Waals surface area contributed by atoms with E-state index in [4.69, 9.17) is 0 Å². The van der Waals surface area contributed by atoms with Crippen molar-refractivity contribution in [2.24, 2.45) is 0 Å². The van der Waals surface area contributed by atoms with Crippen molar-refractivity contribution in [2.75, 3.05) is 32.7 Å². The molecule has 2 aliphatic rings. The summed E-state index contributed by atoms with van der Waals surface area (Å²) in [4.78, 5) is 28.2. The van der Waals surface area contributed by atoms with Gasteiger partial charge in [-0.3, -0.25) is 9.59 Å². The first-order chi connectivity index (χ1) is 12.3. The summed E-state index contributed by atoms with van der Waals surface area (Å²) >= 11 is 0. The molecule has 0 radical (unpaired) electrons. The van der Waals surface area contributed by atoms with Crippen LogP contribution < -0.4 is 10.1 Å². The SMILES string of the molecule is Cl.O=C(c1ccc(OC(F)(F)F)cc1)N1CCCC(N2CCNCC2=O)C1. The minimum absolute atomic E-state index is 0. The van der Waals surface area contributed by atoms with Crippen molar-refractivity contribution in [1.29, 1.82) is 0 Å². The predicted octanol–water partition coefficient (Wildman–Crippen LogP) is 2.04. The predicted molar refractivity (Wildman–Crippen MR) is 93.9 cm³/mol. The molecule has 0 saturated carbocycles. The molecule has 1 aromatic rings. The van der Waals surface area contributed by atoms with Crippen molar-refractivity contribution >= 4 is 24.2 Å². The average molecular weight is 408 g/mol. The van der Waals surface area contributed by atoms with Crippen molar-refractivity contribution < 1.29 is 27.5 Å². The van der Waals surface area contributed by atoms with Gasteiger partial charge in [0.15, 0.2) is 0 Å². The molecule has 27 heavy (non-hydrogen) atoms. The molecule has 2 aliphatic heterocycles. The second-order valence-electron chi connectivity index (χ2n) is 6.38. The lowest BCUT2D eigenvalue weighted by Gasteiger charge is -2.41. The van der Waals surface area contributed by atoms with E-state index in [1.165, 1.54) is 12.1 Å². The van der Waals surface area contributed by atoms with E-state index in [-0.39, 0.29) is 36.0 Å². The summed E-state index contributed by atoms with van der Waals surface area (Å²) in [7, 11) is 0. The van der Waals surface area contributed by atoms with Gasteiger partial charge in [-0.05, 0) is 37.1 Å². The fourth-order valence-corrected chi connectivity index (χ4v) is 3.38. The lowest BCUT2D eigenvalue weighted by Crippen LogP contribution is -2.57. The fourth-order valence-electron chi connectivity index (χ4n) is 3.38. The summed E-state index contributed by atoms with van der Waals surface area (Å²) in [6.07, 6.45) is -3.14. The molecule has 0 aliphatic carbocycles. The first-order valence-corrected chi connectivity index (χ1v) is 8.49. The number of nitrogens with zero attached hydrogens (tertiary/aromatic N) is 2. The molecule has 2 heterocycles.